The average molecular weight is 359 g/mol. The molecule has 0 amide bonds. The number of benzene rings is 1. The maximum Gasteiger partial charge on any atom is 0.191 e. The van der Waals surface area contributed by atoms with Gasteiger partial charge < -0.3 is 20.1 Å². The molecule has 7 heteroatoms. The van der Waals surface area contributed by atoms with Gasteiger partial charge in [0.25, 0.3) is 0 Å². The highest BCUT2D eigenvalue weighted by Gasteiger charge is 2.08. The highest BCUT2D eigenvalue weighted by molar-refractivity contribution is 5.79. The molecular weight excluding hydrogens is 330 g/mol. The Morgan fingerprint density at radius 3 is 2.69 bits per heavy atom. The van der Waals surface area contributed by atoms with E-state index in [0.29, 0.717) is 6.54 Å². The molecule has 1 heterocycles. The van der Waals surface area contributed by atoms with Crippen LogP contribution in [0.5, 0.6) is 11.5 Å². The Morgan fingerprint density at radius 1 is 1.27 bits per heavy atom. The van der Waals surface area contributed by atoms with Crippen LogP contribution in [-0.2, 0) is 6.54 Å². The van der Waals surface area contributed by atoms with Crippen molar-refractivity contribution in [3.8, 4) is 11.5 Å². The average Bonchev–Trinajstić information content (AvgIpc) is 3.05. The third kappa shape index (κ3) is 6.31. The Bertz CT molecular complexity index is 699. The highest BCUT2D eigenvalue weighted by Crippen LogP contribution is 2.26. The van der Waals surface area contributed by atoms with E-state index >= 15 is 0 Å². The van der Waals surface area contributed by atoms with Crippen LogP contribution < -0.4 is 20.1 Å². The first-order valence-corrected chi connectivity index (χ1v) is 8.93. The van der Waals surface area contributed by atoms with Crippen LogP contribution in [0.3, 0.4) is 0 Å². The summed E-state index contributed by atoms with van der Waals surface area (Å²) in [5.74, 6) is 2.22. The van der Waals surface area contributed by atoms with Gasteiger partial charge in [-0.05, 0) is 38.5 Å². The van der Waals surface area contributed by atoms with Crippen molar-refractivity contribution < 1.29 is 9.47 Å². The van der Waals surface area contributed by atoms with E-state index in [0.717, 1.165) is 42.7 Å². The fraction of sp³-hybridized carbons (Fsp3) is 0.474. The van der Waals surface area contributed by atoms with Crippen molar-refractivity contribution in [1.82, 2.24) is 20.4 Å². The number of methoxy groups -OCH3 is 1. The van der Waals surface area contributed by atoms with Gasteiger partial charge in [0.05, 0.1) is 26.4 Å². The number of nitrogens with one attached hydrogen (secondary N) is 2. The molecule has 1 atom stereocenters. The number of aryl methyl sites for hydroxylation is 1. The summed E-state index contributed by atoms with van der Waals surface area (Å²) < 4.78 is 13.2. The molecule has 2 aromatic rings. The van der Waals surface area contributed by atoms with Crippen molar-refractivity contribution in [2.45, 2.75) is 33.4 Å². The predicted octanol–water partition coefficient (Wildman–Crippen LogP) is 2.22. The summed E-state index contributed by atoms with van der Waals surface area (Å²) in [5.41, 5.74) is 1.16. The van der Waals surface area contributed by atoms with Gasteiger partial charge in [-0.1, -0.05) is 12.1 Å². The van der Waals surface area contributed by atoms with Crippen LogP contribution in [0, 0.1) is 6.92 Å². The van der Waals surface area contributed by atoms with E-state index in [-0.39, 0.29) is 6.10 Å². The minimum Gasteiger partial charge on any atom is -0.493 e. The SMILES string of the molecule is CCNC(=NCC(C)Oc1ccccc1OC)NCCn1cc(C)cn1. The lowest BCUT2D eigenvalue weighted by molar-refractivity contribution is 0.219. The first-order chi connectivity index (χ1) is 12.6. The summed E-state index contributed by atoms with van der Waals surface area (Å²) in [5, 5.41) is 10.8. The molecule has 0 fully saturated rings. The van der Waals surface area contributed by atoms with Crippen molar-refractivity contribution in [2.75, 3.05) is 26.7 Å². The van der Waals surface area contributed by atoms with Crippen molar-refractivity contribution in [2.24, 2.45) is 4.99 Å². The zero-order valence-corrected chi connectivity index (χ0v) is 16.0. The second-order valence-electron chi connectivity index (χ2n) is 6.01. The minimum absolute atomic E-state index is 0.0736. The molecule has 0 aliphatic carbocycles. The Balaban J connectivity index is 1.84. The maximum atomic E-state index is 5.94. The van der Waals surface area contributed by atoms with Gasteiger partial charge in [-0.3, -0.25) is 4.68 Å². The molecule has 1 aromatic carbocycles. The standard InChI is InChI=1S/C19H29N5O2/c1-5-20-19(21-10-11-24-14-15(2)12-23-24)22-13-16(3)26-18-9-7-6-8-17(18)25-4/h6-9,12,14,16H,5,10-11,13H2,1-4H3,(H2,20,21,22). The van der Waals surface area contributed by atoms with Crippen molar-refractivity contribution in [1.29, 1.82) is 0 Å². The Hall–Kier alpha value is -2.70. The predicted molar refractivity (Wildman–Crippen MR) is 104 cm³/mol. The summed E-state index contributed by atoms with van der Waals surface area (Å²) in [7, 11) is 1.64. The molecule has 2 N–H and O–H groups in total. The van der Waals surface area contributed by atoms with Gasteiger partial charge in [-0.15, -0.1) is 0 Å². The second kappa shape index (κ2) is 10.3. The summed E-state index contributed by atoms with van der Waals surface area (Å²) in [6.07, 6.45) is 3.81. The van der Waals surface area contributed by atoms with Gasteiger partial charge in [0.15, 0.2) is 17.5 Å². The van der Waals surface area contributed by atoms with E-state index in [1.165, 1.54) is 0 Å². The first-order valence-electron chi connectivity index (χ1n) is 8.93. The number of guanidine groups is 1. The van der Waals surface area contributed by atoms with E-state index in [1.807, 2.05) is 62.1 Å². The molecule has 1 unspecified atom stereocenters. The smallest absolute Gasteiger partial charge is 0.191 e. The molecule has 26 heavy (non-hydrogen) atoms. The summed E-state index contributed by atoms with van der Waals surface area (Å²) >= 11 is 0. The molecule has 142 valence electrons. The summed E-state index contributed by atoms with van der Waals surface area (Å²) in [6.45, 7) is 8.93. The summed E-state index contributed by atoms with van der Waals surface area (Å²) in [6, 6.07) is 7.63. The van der Waals surface area contributed by atoms with Crippen LogP contribution >= 0.6 is 0 Å². The molecule has 1 aromatic heterocycles. The van der Waals surface area contributed by atoms with Gasteiger partial charge in [0.2, 0.25) is 0 Å². The van der Waals surface area contributed by atoms with Gasteiger partial charge in [-0.2, -0.15) is 5.10 Å². The normalized spacial score (nSPS) is 12.5. The van der Waals surface area contributed by atoms with E-state index in [1.54, 1.807) is 7.11 Å². The number of ether oxygens (including phenoxy) is 2. The fourth-order valence-corrected chi connectivity index (χ4v) is 2.41. The highest BCUT2D eigenvalue weighted by atomic mass is 16.5. The molecule has 0 saturated heterocycles. The number of aromatic nitrogens is 2. The van der Waals surface area contributed by atoms with Gasteiger partial charge in [0.1, 0.15) is 6.10 Å². The van der Waals surface area contributed by atoms with Crippen LogP contribution in [0.1, 0.15) is 19.4 Å². The van der Waals surface area contributed by atoms with Gasteiger partial charge in [0, 0.05) is 19.3 Å². The third-order valence-corrected chi connectivity index (χ3v) is 3.64. The van der Waals surface area contributed by atoms with Crippen molar-refractivity contribution in [3.63, 3.8) is 0 Å². The Kier molecular flexibility index (Phi) is 7.79. The lowest BCUT2D eigenvalue weighted by Crippen LogP contribution is -2.39. The van der Waals surface area contributed by atoms with E-state index in [2.05, 4.69) is 20.7 Å². The minimum atomic E-state index is -0.0736. The molecule has 0 bridgehead atoms. The number of aliphatic imine (C=N–C) groups is 1. The van der Waals surface area contributed by atoms with Crippen molar-refractivity contribution in [3.05, 3.63) is 42.2 Å². The quantitative estimate of drug-likeness (QED) is 0.531. The molecule has 0 saturated carbocycles. The van der Waals surface area contributed by atoms with Gasteiger partial charge >= 0.3 is 0 Å². The molecule has 0 aliphatic heterocycles. The molecule has 7 nitrogen and oxygen atoms in total. The zero-order chi connectivity index (χ0) is 18.8. The monoisotopic (exact) mass is 359 g/mol. The maximum absolute atomic E-state index is 5.94. The molecular formula is C19H29N5O2. The van der Waals surface area contributed by atoms with E-state index in [4.69, 9.17) is 9.47 Å². The molecule has 0 aliphatic rings. The molecule has 0 radical (unpaired) electrons. The van der Waals surface area contributed by atoms with Crippen LogP contribution in [-0.4, -0.2) is 48.6 Å². The molecule has 0 spiro atoms. The van der Waals surface area contributed by atoms with Crippen LogP contribution in [0.25, 0.3) is 0 Å². The number of hydrogen-bond donors (Lipinski definition) is 2. The van der Waals surface area contributed by atoms with Gasteiger partial charge in [-0.25, -0.2) is 4.99 Å². The van der Waals surface area contributed by atoms with Crippen LogP contribution in [0.15, 0.2) is 41.7 Å². The third-order valence-electron chi connectivity index (χ3n) is 3.64. The largest absolute Gasteiger partial charge is 0.493 e. The lowest BCUT2D eigenvalue weighted by atomic mass is 10.3. The lowest BCUT2D eigenvalue weighted by Gasteiger charge is -2.16. The van der Waals surface area contributed by atoms with E-state index in [9.17, 15) is 0 Å². The summed E-state index contributed by atoms with van der Waals surface area (Å²) in [4.78, 5) is 4.60. The Labute approximate surface area is 155 Å². The number of rotatable bonds is 9. The topological polar surface area (TPSA) is 72.7 Å². The number of para-hydroxylation sites is 2. The molecule has 2 rings (SSSR count). The first kappa shape index (κ1) is 19.6. The number of hydrogen-bond acceptors (Lipinski definition) is 4. The zero-order valence-electron chi connectivity index (χ0n) is 16.0. The van der Waals surface area contributed by atoms with Crippen molar-refractivity contribution >= 4 is 5.96 Å². The fourth-order valence-electron chi connectivity index (χ4n) is 2.41. The second-order valence-corrected chi connectivity index (χ2v) is 6.01. The Morgan fingerprint density at radius 2 is 2.04 bits per heavy atom. The van der Waals surface area contributed by atoms with Crippen LogP contribution in [0.2, 0.25) is 0 Å². The van der Waals surface area contributed by atoms with Crippen LogP contribution in [0.4, 0.5) is 0 Å². The van der Waals surface area contributed by atoms with E-state index < -0.39 is 0 Å². The number of nitrogens with zero attached hydrogens (tertiary/aromatic N) is 3.